The summed E-state index contributed by atoms with van der Waals surface area (Å²) in [5, 5.41) is 19.0. The van der Waals surface area contributed by atoms with Crippen molar-refractivity contribution in [1.82, 2.24) is 14.9 Å². The van der Waals surface area contributed by atoms with Crippen LogP contribution in [0.2, 0.25) is 0 Å². The summed E-state index contributed by atoms with van der Waals surface area (Å²) in [6.45, 7) is 11.8. The zero-order valence-corrected chi connectivity index (χ0v) is 23.8. The van der Waals surface area contributed by atoms with Crippen LogP contribution >= 0.6 is 11.3 Å². The SMILES string of the molecule is CC(=O)Nc1csc(-c2ccc3c(=O)n(CC(C)C)c(C(NC(=O)O)C(C)(C)C)c(-c4ccccc4)c3c2)n1. The summed E-state index contributed by atoms with van der Waals surface area (Å²) >= 11 is 1.39. The van der Waals surface area contributed by atoms with E-state index in [2.05, 4.69) is 15.6 Å². The van der Waals surface area contributed by atoms with Gasteiger partial charge in [-0.3, -0.25) is 9.59 Å². The maximum absolute atomic E-state index is 14.1. The van der Waals surface area contributed by atoms with Gasteiger partial charge in [0, 0.05) is 35.4 Å². The maximum atomic E-state index is 14.1. The quantitative estimate of drug-likeness (QED) is 0.237. The van der Waals surface area contributed by atoms with Crippen LogP contribution in [-0.2, 0) is 11.3 Å². The number of rotatable bonds is 7. The molecule has 204 valence electrons. The van der Waals surface area contributed by atoms with E-state index in [-0.39, 0.29) is 17.4 Å². The van der Waals surface area contributed by atoms with Crippen molar-refractivity contribution < 1.29 is 14.7 Å². The van der Waals surface area contributed by atoms with Gasteiger partial charge in [-0.05, 0) is 34.4 Å². The molecule has 2 amide bonds. The van der Waals surface area contributed by atoms with Gasteiger partial charge in [0.05, 0.1) is 11.7 Å². The third kappa shape index (κ3) is 6.04. The van der Waals surface area contributed by atoms with Crippen LogP contribution in [0.4, 0.5) is 10.6 Å². The van der Waals surface area contributed by atoms with Crippen molar-refractivity contribution in [3.8, 4) is 21.7 Å². The molecule has 1 unspecified atom stereocenters. The smallest absolute Gasteiger partial charge is 0.405 e. The highest BCUT2D eigenvalue weighted by molar-refractivity contribution is 7.13. The van der Waals surface area contributed by atoms with Gasteiger partial charge in [-0.1, -0.05) is 71.0 Å². The lowest BCUT2D eigenvalue weighted by Gasteiger charge is -2.35. The zero-order valence-electron chi connectivity index (χ0n) is 23.0. The van der Waals surface area contributed by atoms with Gasteiger partial charge in [-0.2, -0.15) is 0 Å². The Balaban J connectivity index is 2.13. The molecular weight excluding hydrogens is 512 g/mol. The molecule has 0 aliphatic rings. The van der Waals surface area contributed by atoms with Crippen LogP contribution < -0.4 is 16.2 Å². The fraction of sp³-hybridized carbons (Fsp3) is 0.333. The number of fused-ring (bicyclic) bond motifs is 1. The highest BCUT2D eigenvalue weighted by Crippen LogP contribution is 2.42. The van der Waals surface area contributed by atoms with E-state index in [1.807, 2.05) is 83.1 Å². The Kier molecular flexibility index (Phi) is 7.92. The van der Waals surface area contributed by atoms with E-state index < -0.39 is 17.6 Å². The fourth-order valence-corrected chi connectivity index (χ4v) is 5.56. The number of thiazole rings is 1. The summed E-state index contributed by atoms with van der Waals surface area (Å²) in [6, 6.07) is 14.7. The lowest BCUT2D eigenvalue weighted by Crippen LogP contribution is -2.40. The van der Waals surface area contributed by atoms with E-state index in [0.717, 1.165) is 22.1 Å². The van der Waals surface area contributed by atoms with Crippen molar-refractivity contribution in [2.24, 2.45) is 11.3 Å². The summed E-state index contributed by atoms with van der Waals surface area (Å²) in [7, 11) is 0. The molecule has 1 atom stereocenters. The van der Waals surface area contributed by atoms with Gasteiger partial charge in [0.25, 0.3) is 5.56 Å². The highest BCUT2D eigenvalue weighted by atomic mass is 32.1. The van der Waals surface area contributed by atoms with Crippen LogP contribution in [0.15, 0.2) is 58.7 Å². The van der Waals surface area contributed by atoms with E-state index >= 15 is 0 Å². The second-order valence-corrected chi connectivity index (χ2v) is 12.0. The molecule has 4 rings (SSSR count). The predicted molar refractivity (Wildman–Crippen MR) is 157 cm³/mol. The number of carboxylic acid groups (broad SMARTS) is 1. The largest absolute Gasteiger partial charge is 0.465 e. The summed E-state index contributed by atoms with van der Waals surface area (Å²) in [6.07, 6.45) is -1.15. The Hall–Kier alpha value is -3.98. The topological polar surface area (TPSA) is 113 Å². The Bertz CT molecular complexity index is 1580. The number of pyridine rings is 1. The van der Waals surface area contributed by atoms with Crippen molar-refractivity contribution in [3.05, 3.63) is 70.0 Å². The van der Waals surface area contributed by atoms with Gasteiger partial charge >= 0.3 is 6.09 Å². The number of carbonyl (C=O) groups excluding carboxylic acids is 1. The van der Waals surface area contributed by atoms with Crippen LogP contribution in [0.5, 0.6) is 0 Å². The summed E-state index contributed by atoms with van der Waals surface area (Å²) in [5.74, 6) is 0.415. The van der Waals surface area contributed by atoms with E-state index in [1.165, 1.54) is 18.3 Å². The first-order valence-electron chi connectivity index (χ1n) is 12.9. The molecule has 2 heterocycles. The molecule has 4 aromatic rings. The third-order valence-corrected chi connectivity index (χ3v) is 7.28. The Morgan fingerprint density at radius 2 is 1.74 bits per heavy atom. The molecule has 2 aromatic carbocycles. The predicted octanol–water partition coefficient (Wildman–Crippen LogP) is 6.76. The fourth-order valence-electron chi connectivity index (χ4n) is 4.82. The molecule has 0 aliphatic heterocycles. The summed E-state index contributed by atoms with van der Waals surface area (Å²) < 4.78 is 1.75. The Morgan fingerprint density at radius 1 is 1.05 bits per heavy atom. The second-order valence-electron chi connectivity index (χ2n) is 11.2. The van der Waals surface area contributed by atoms with Gasteiger partial charge in [0.2, 0.25) is 5.91 Å². The number of benzene rings is 2. The molecule has 0 aliphatic carbocycles. The number of amides is 2. The average molecular weight is 547 g/mol. The molecule has 9 heteroatoms. The Labute approximate surface area is 231 Å². The van der Waals surface area contributed by atoms with Gasteiger partial charge in [-0.25, -0.2) is 9.78 Å². The molecule has 0 spiro atoms. The van der Waals surface area contributed by atoms with E-state index in [9.17, 15) is 19.5 Å². The van der Waals surface area contributed by atoms with Crippen molar-refractivity contribution in [1.29, 1.82) is 0 Å². The molecular formula is C30H34N4O4S. The Morgan fingerprint density at radius 3 is 2.33 bits per heavy atom. The van der Waals surface area contributed by atoms with Gasteiger partial charge in [-0.15, -0.1) is 11.3 Å². The minimum absolute atomic E-state index is 0.148. The van der Waals surface area contributed by atoms with E-state index in [4.69, 9.17) is 0 Å². The average Bonchev–Trinajstić information content (AvgIpc) is 3.31. The van der Waals surface area contributed by atoms with Gasteiger partial charge < -0.3 is 20.3 Å². The number of aromatic nitrogens is 2. The first-order chi connectivity index (χ1) is 18.4. The molecule has 0 radical (unpaired) electrons. The first-order valence-corrected chi connectivity index (χ1v) is 13.7. The van der Waals surface area contributed by atoms with E-state index in [0.29, 0.717) is 28.5 Å². The van der Waals surface area contributed by atoms with Crippen molar-refractivity contribution >= 4 is 39.9 Å². The van der Waals surface area contributed by atoms with Crippen LogP contribution in [0, 0.1) is 11.3 Å². The van der Waals surface area contributed by atoms with Gasteiger partial charge in [0.15, 0.2) is 0 Å². The van der Waals surface area contributed by atoms with Crippen LogP contribution in [0.25, 0.3) is 32.5 Å². The lowest BCUT2D eigenvalue weighted by atomic mass is 9.80. The normalized spacial score (nSPS) is 12.5. The molecule has 0 saturated carbocycles. The molecule has 0 saturated heterocycles. The number of carbonyl (C=O) groups is 2. The van der Waals surface area contributed by atoms with E-state index in [1.54, 1.807) is 9.95 Å². The zero-order chi connectivity index (χ0) is 28.5. The summed E-state index contributed by atoms with van der Waals surface area (Å²) in [4.78, 5) is 42.2. The monoisotopic (exact) mass is 546 g/mol. The maximum Gasteiger partial charge on any atom is 0.405 e. The molecule has 0 fully saturated rings. The number of anilines is 1. The minimum atomic E-state index is -1.15. The number of hydrogen-bond acceptors (Lipinski definition) is 5. The van der Waals surface area contributed by atoms with Crippen molar-refractivity contribution in [3.63, 3.8) is 0 Å². The molecule has 39 heavy (non-hydrogen) atoms. The second kappa shape index (κ2) is 11.0. The highest BCUT2D eigenvalue weighted by Gasteiger charge is 2.34. The number of nitrogens with zero attached hydrogens (tertiary/aromatic N) is 2. The summed E-state index contributed by atoms with van der Waals surface area (Å²) in [5.41, 5.74) is 2.41. The first kappa shape index (κ1) is 28.0. The number of hydrogen-bond donors (Lipinski definition) is 3. The standard InChI is InChI=1S/C30H34N4O4S/c1-17(2)15-34-25(26(30(4,5)6)33-29(37)38)24(19-10-8-7-9-11-19)22-14-20(12-13-21(22)28(34)36)27-32-23(16-39-27)31-18(3)35/h7-14,16-17,26,33H,15H2,1-6H3,(H,31,35)(H,37,38). The van der Waals surface area contributed by atoms with Crippen molar-refractivity contribution in [2.45, 2.75) is 54.1 Å². The van der Waals surface area contributed by atoms with Crippen LogP contribution in [-0.4, -0.2) is 26.7 Å². The molecule has 2 aromatic heterocycles. The van der Waals surface area contributed by atoms with Crippen molar-refractivity contribution in [2.75, 3.05) is 5.32 Å². The molecule has 8 nitrogen and oxygen atoms in total. The molecule has 3 N–H and O–H groups in total. The van der Waals surface area contributed by atoms with Crippen LogP contribution in [0.3, 0.4) is 0 Å². The minimum Gasteiger partial charge on any atom is -0.465 e. The molecule has 0 bridgehead atoms. The van der Waals surface area contributed by atoms with Crippen LogP contribution in [0.1, 0.15) is 53.3 Å². The van der Waals surface area contributed by atoms with Gasteiger partial charge in [0.1, 0.15) is 10.8 Å². The lowest BCUT2D eigenvalue weighted by molar-refractivity contribution is -0.114. The third-order valence-electron chi connectivity index (χ3n) is 6.38. The number of nitrogens with one attached hydrogen (secondary N) is 2.